The summed E-state index contributed by atoms with van der Waals surface area (Å²) in [5.74, 6) is -2.99. The monoisotopic (exact) mass is 265 g/mol. The van der Waals surface area contributed by atoms with Gasteiger partial charge in [0.1, 0.15) is 11.3 Å². The van der Waals surface area contributed by atoms with Gasteiger partial charge < -0.3 is 20.3 Å². The maximum atomic E-state index is 11.3. The molecule has 7 heteroatoms. The van der Waals surface area contributed by atoms with Gasteiger partial charge in [0.15, 0.2) is 0 Å². The number of phenols is 1. The Balaban J connectivity index is 2.82. The third-order valence-electron chi connectivity index (χ3n) is 2.05. The molecule has 0 spiro atoms. The normalized spacial score (nSPS) is 10.2. The number of carboxylic acids is 1. The molecule has 1 rings (SSSR count). The maximum Gasteiger partial charge on any atom is 0.341 e. The van der Waals surface area contributed by atoms with E-state index in [1.807, 2.05) is 0 Å². The second-order valence-electron chi connectivity index (χ2n) is 3.38. The summed E-state index contributed by atoms with van der Waals surface area (Å²) in [5, 5.41) is 20.2. The molecule has 0 atom stereocenters. The SMILES string of the molecule is COC(=O)c1ccc(NC(=O)C=CC(=O)O)cc1O. The molecule has 0 aliphatic carbocycles. The van der Waals surface area contributed by atoms with Crippen molar-refractivity contribution in [1.82, 2.24) is 0 Å². The van der Waals surface area contributed by atoms with E-state index in [2.05, 4.69) is 10.1 Å². The lowest BCUT2D eigenvalue weighted by Gasteiger charge is -2.06. The molecule has 1 aromatic rings. The Kier molecular flexibility index (Phi) is 4.64. The van der Waals surface area contributed by atoms with Crippen LogP contribution in [0.1, 0.15) is 10.4 Å². The number of anilines is 1. The Morgan fingerprint density at radius 1 is 1.26 bits per heavy atom. The molecule has 100 valence electrons. The summed E-state index contributed by atoms with van der Waals surface area (Å²) in [5.41, 5.74) is 0.173. The zero-order chi connectivity index (χ0) is 14.4. The van der Waals surface area contributed by atoms with Crippen LogP contribution in [0.4, 0.5) is 5.69 Å². The van der Waals surface area contributed by atoms with Gasteiger partial charge in [-0.05, 0) is 12.1 Å². The molecule has 1 amide bonds. The minimum Gasteiger partial charge on any atom is -0.507 e. The fraction of sp³-hybridized carbons (Fsp3) is 0.0833. The first-order valence-electron chi connectivity index (χ1n) is 5.07. The van der Waals surface area contributed by atoms with Crippen molar-refractivity contribution in [1.29, 1.82) is 0 Å². The highest BCUT2D eigenvalue weighted by Gasteiger charge is 2.12. The molecule has 19 heavy (non-hydrogen) atoms. The van der Waals surface area contributed by atoms with E-state index in [1.54, 1.807) is 0 Å². The van der Waals surface area contributed by atoms with Gasteiger partial charge >= 0.3 is 11.9 Å². The minimum absolute atomic E-state index is 0.0402. The van der Waals surface area contributed by atoms with Gasteiger partial charge in [-0.1, -0.05) is 0 Å². The van der Waals surface area contributed by atoms with Crippen LogP contribution in [0.3, 0.4) is 0 Å². The number of carboxylic acid groups (broad SMARTS) is 1. The molecule has 0 heterocycles. The van der Waals surface area contributed by atoms with Crippen LogP contribution in [0.2, 0.25) is 0 Å². The third-order valence-corrected chi connectivity index (χ3v) is 2.05. The van der Waals surface area contributed by atoms with Gasteiger partial charge in [-0.25, -0.2) is 9.59 Å². The molecule has 0 radical (unpaired) electrons. The molecule has 0 aliphatic heterocycles. The number of amides is 1. The molecule has 0 unspecified atom stereocenters. The van der Waals surface area contributed by atoms with Crippen LogP contribution in [-0.4, -0.2) is 35.2 Å². The summed E-state index contributed by atoms with van der Waals surface area (Å²) in [6.07, 6.45) is 1.51. The van der Waals surface area contributed by atoms with Crippen LogP contribution in [0.25, 0.3) is 0 Å². The number of carbonyl (C=O) groups excluding carboxylic acids is 2. The number of carbonyl (C=O) groups is 3. The number of hydrogen-bond acceptors (Lipinski definition) is 5. The molecule has 7 nitrogen and oxygen atoms in total. The van der Waals surface area contributed by atoms with Crippen LogP contribution in [0.5, 0.6) is 5.75 Å². The molecule has 0 aromatic heterocycles. The lowest BCUT2D eigenvalue weighted by molar-refractivity contribution is -0.131. The first kappa shape index (κ1) is 14.2. The number of hydrogen-bond donors (Lipinski definition) is 3. The molecule has 0 bridgehead atoms. The lowest BCUT2D eigenvalue weighted by Crippen LogP contribution is -2.09. The number of aliphatic carboxylic acids is 1. The van der Waals surface area contributed by atoms with E-state index >= 15 is 0 Å². The molecule has 0 aliphatic rings. The number of aromatic hydroxyl groups is 1. The summed E-state index contributed by atoms with van der Waals surface area (Å²) < 4.78 is 4.44. The highest BCUT2D eigenvalue weighted by atomic mass is 16.5. The van der Waals surface area contributed by atoms with Gasteiger partial charge in [-0.2, -0.15) is 0 Å². The number of benzene rings is 1. The fourth-order valence-electron chi connectivity index (χ4n) is 1.22. The number of methoxy groups -OCH3 is 1. The van der Waals surface area contributed by atoms with Crippen molar-refractivity contribution in [2.45, 2.75) is 0 Å². The Morgan fingerprint density at radius 2 is 1.95 bits per heavy atom. The predicted molar refractivity (Wildman–Crippen MR) is 64.9 cm³/mol. The van der Waals surface area contributed by atoms with E-state index in [0.717, 1.165) is 12.1 Å². The first-order chi connectivity index (χ1) is 8.93. The number of rotatable bonds is 4. The van der Waals surface area contributed by atoms with E-state index in [0.29, 0.717) is 6.08 Å². The van der Waals surface area contributed by atoms with E-state index in [4.69, 9.17) is 5.11 Å². The number of esters is 1. The van der Waals surface area contributed by atoms with Crippen molar-refractivity contribution in [2.75, 3.05) is 12.4 Å². The molecular weight excluding hydrogens is 254 g/mol. The highest BCUT2D eigenvalue weighted by Crippen LogP contribution is 2.22. The van der Waals surface area contributed by atoms with Crippen molar-refractivity contribution >= 4 is 23.5 Å². The molecule has 3 N–H and O–H groups in total. The number of ether oxygens (including phenoxy) is 1. The van der Waals surface area contributed by atoms with Crippen molar-refractivity contribution in [3.8, 4) is 5.75 Å². The summed E-state index contributed by atoms with van der Waals surface area (Å²) in [4.78, 5) is 32.7. The topological polar surface area (TPSA) is 113 Å². The van der Waals surface area contributed by atoms with Crippen molar-refractivity contribution in [3.63, 3.8) is 0 Å². The maximum absolute atomic E-state index is 11.3. The van der Waals surface area contributed by atoms with Gasteiger partial charge in [0.05, 0.1) is 7.11 Å². The Bertz CT molecular complexity index is 549. The smallest absolute Gasteiger partial charge is 0.341 e. The van der Waals surface area contributed by atoms with Gasteiger partial charge in [-0.3, -0.25) is 4.79 Å². The third kappa shape index (κ3) is 4.15. The number of nitrogens with one attached hydrogen (secondary N) is 1. The Morgan fingerprint density at radius 3 is 2.47 bits per heavy atom. The second kappa shape index (κ2) is 6.20. The van der Waals surface area contributed by atoms with E-state index in [9.17, 15) is 19.5 Å². The molecule has 0 saturated carbocycles. The van der Waals surface area contributed by atoms with Gasteiger partial charge in [0.2, 0.25) is 5.91 Å². The summed E-state index contributed by atoms with van der Waals surface area (Å²) in [6.45, 7) is 0. The predicted octanol–water partition coefficient (Wildman–Crippen LogP) is 0.758. The minimum atomic E-state index is -1.25. The van der Waals surface area contributed by atoms with Crippen LogP contribution in [0, 0.1) is 0 Å². The van der Waals surface area contributed by atoms with Crippen LogP contribution < -0.4 is 5.32 Å². The molecule has 0 fully saturated rings. The average Bonchev–Trinajstić information content (AvgIpc) is 2.35. The van der Waals surface area contributed by atoms with E-state index in [1.165, 1.54) is 19.2 Å². The van der Waals surface area contributed by atoms with Crippen LogP contribution in [0.15, 0.2) is 30.4 Å². The second-order valence-corrected chi connectivity index (χ2v) is 3.38. The largest absolute Gasteiger partial charge is 0.507 e. The lowest BCUT2D eigenvalue weighted by atomic mass is 10.2. The summed E-state index contributed by atoms with van der Waals surface area (Å²) in [7, 11) is 1.17. The zero-order valence-corrected chi connectivity index (χ0v) is 9.91. The summed E-state index contributed by atoms with van der Waals surface area (Å²) in [6, 6.07) is 3.80. The molecule has 1 aromatic carbocycles. The number of phenolic OH excluding ortho intramolecular Hbond substituents is 1. The van der Waals surface area contributed by atoms with Crippen LogP contribution in [-0.2, 0) is 14.3 Å². The fourth-order valence-corrected chi connectivity index (χ4v) is 1.22. The highest BCUT2D eigenvalue weighted by molar-refractivity contribution is 6.02. The van der Waals surface area contributed by atoms with Gasteiger partial charge in [0, 0.05) is 23.9 Å². The van der Waals surface area contributed by atoms with Crippen molar-refractivity contribution < 1.29 is 29.3 Å². The Hall–Kier alpha value is -2.83. The van der Waals surface area contributed by atoms with Gasteiger partial charge in [0.25, 0.3) is 0 Å². The first-order valence-corrected chi connectivity index (χ1v) is 5.07. The Labute approximate surface area is 108 Å². The average molecular weight is 265 g/mol. The van der Waals surface area contributed by atoms with E-state index < -0.39 is 17.8 Å². The quantitative estimate of drug-likeness (QED) is 0.547. The van der Waals surface area contributed by atoms with Gasteiger partial charge in [-0.15, -0.1) is 0 Å². The van der Waals surface area contributed by atoms with Crippen molar-refractivity contribution in [3.05, 3.63) is 35.9 Å². The van der Waals surface area contributed by atoms with E-state index in [-0.39, 0.29) is 17.0 Å². The summed E-state index contributed by atoms with van der Waals surface area (Å²) >= 11 is 0. The standard InChI is InChI=1S/C12H11NO6/c1-19-12(18)8-3-2-7(6-9(8)14)13-10(15)4-5-11(16)17/h2-6,14H,1H3,(H,13,15)(H,16,17). The molecule has 0 saturated heterocycles. The van der Waals surface area contributed by atoms with Crippen molar-refractivity contribution in [2.24, 2.45) is 0 Å². The molecular formula is C12H11NO6. The van der Waals surface area contributed by atoms with Crippen LogP contribution >= 0.6 is 0 Å². The zero-order valence-electron chi connectivity index (χ0n) is 9.91.